The average molecular weight is 307 g/mol. The van der Waals surface area contributed by atoms with Crippen molar-refractivity contribution in [2.75, 3.05) is 6.54 Å². The molecule has 0 aliphatic heterocycles. The summed E-state index contributed by atoms with van der Waals surface area (Å²) in [6.45, 7) is 5.77. The number of hydrogen-bond acceptors (Lipinski definition) is 3. The Labute approximate surface area is 131 Å². The number of benzene rings is 1. The van der Waals surface area contributed by atoms with Gasteiger partial charge < -0.3 is 15.2 Å². The molecule has 1 aromatic rings. The second kappa shape index (κ2) is 8.54. The number of amides is 1. The minimum atomic E-state index is -0.908. The molecule has 0 aromatic heterocycles. The standard InChI is InChI=1S/C17H25NO4/c1-4-17(5-2,16(20)21)12-18-15(19)13(3)22-11-14-9-7-6-8-10-14/h6-10,13H,4-5,11-12H2,1-3H3,(H,18,19)(H,20,21). The van der Waals surface area contributed by atoms with Crippen molar-refractivity contribution in [1.29, 1.82) is 0 Å². The summed E-state index contributed by atoms with van der Waals surface area (Å²) in [7, 11) is 0. The molecule has 0 radical (unpaired) electrons. The Balaban J connectivity index is 2.48. The first-order valence-electron chi connectivity index (χ1n) is 7.61. The van der Waals surface area contributed by atoms with Gasteiger partial charge in [0.05, 0.1) is 12.0 Å². The van der Waals surface area contributed by atoms with Crippen molar-refractivity contribution in [3.8, 4) is 0 Å². The summed E-state index contributed by atoms with van der Waals surface area (Å²) in [4.78, 5) is 23.4. The summed E-state index contributed by atoms with van der Waals surface area (Å²) in [5.41, 5.74) is 0.0820. The lowest BCUT2D eigenvalue weighted by Gasteiger charge is -2.27. The predicted molar refractivity (Wildman–Crippen MR) is 84.4 cm³/mol. The number of carboxylic acids is 1. The molecule has 0 fully saturated rings. The van der Waals surface area contributed by atoms with Crippen LogP contribution in [-0.2, 0) is 20.9 Å². The van der Waals surface area contributed by atoms with Gasteiger partial charge in [0, 0.05) is 6.54 Å². The van der Waals surface area contributed by atoms with Gasteiger partial charge in [-0.15, -0.1) is 0 Å². The highest BCUT2D eigenvalue weighted by Gasteiger charge is 2.35. The maximum absolute atomic E-state index is 12.0. The van der Waals surface area contributed by atoms with E-state index in [1.165, 1.54) is 0 Å². The Hall–Kier alpha value is -1.88. The lowest BCUT2D eigenvalue weighted by Crippen LogP contribution is -2.45. The molecule has 122 valence electrons. The number of ether oxygens (including phenoxy) is 1. The first-order valence-corrected chi connectivity index (χ1v) is 7.61. The third-order valence-corrected chi connectivity index (χ3v) is 4.12. The molecule has 1 atom stereocenters. The zero-order valence-electron chi connectivity index (χ0n) is 13.5. The third-order valence-electron chi connectivity index (χ3n) is 4.12. The highest BCUT2D eigenvalue weighted by Crippen LogP contribution is 2.25. The number of hydrogen-bond donors (Lipinski definition) is 2. The van der Waals surface area contributed by atoms with Gasteiger partial charge in [0.1, 0.15) is 6.10 Å². The summed E-state index contributed by atoms with van der Waals surface area (Å²) < 4.78 is 5.52. The van der Waals surface area contributed by atoms with Crippen LogP contribution >= 0.6 is 0 Å². The fraction of sp³-hybridized carbons (Fsp3) is 0.529. The Morgan fingerprint density at radius 1 is 1.23 bits per heavy atom. The highest BCUT2D eigenvalue weighted by atomic mass is 16.5. The molecular formula is C17H25NO4. The molecule has 1 rings (SSSR count). The van der Waals surface area contributed by atoms with Crippen molar-refractivity contribution < 1.29 is 19.4 Å². The second-order valence-corrected chi connectivity index (χ2v) is 5.45. The van der Waals surface area contributed by atoms with Crippen molar-refractivity contribution >= 4 is 11.9 Å². The minimum absolute atomic E-state index is 0.118. The van der Waals surface area contributed by atoms with Crippen molar-refractivity contribution in [2.24, 2.45) is 5.41 Å². The largest absolute Gasteiger partial charge is 0.481 e. The summed E-state index contributed by atoms with van der Waals surface area (Å²) >= 11 is 0. The minimum Gasteiger partial charge on any atom is -0.481 e. The van der Waals surface area contributed by atoms with E-state index in [4.69, 9.17) is 4.74 Å². The average Bonchev–Trinajstić information content (AvgIpc) is 2.54. The van der Waals surface area contributed by atoms with E-state index in [0.29, 0.717) is 19.4 Å². The third kappa shape index (κ3) is 4.84. The Bertz CT molecular complexity index is 483. The summed E-state index contributed by atoms with van der Waals surface area (Å²) in [5.74, 6) is -1.17. The zero-order valence-corrected chi connectivity index (χ0v) is 13.5. The molecule has 5 heteroatoms. The quantitative estimate of drug-likeness (QED) is 0.735. The van der Waals surface area contributed by atoms with Gasteiger partial charge in [-0.05, 0) is 25.3 Å². The number of nitrogens with one attached hydrogen (secondary N) is 1. The van der Waals surface area contributed by atoms with Gasteiger partial charge in [0.25, 0.3) is 0 Å². The van der Waals surface area contributed by atoms with Crippen LogP contribution in [0.3, 0.4) is 0 Å². The van der Waals surface area contributed by atoms with Crippen LogP contribution in [-0.4, -0.2) is 29.6 Å². The lowest BCUT2D eigenvalue weighted by atomic mass is 9.82. The Morgan fingerprint density at radius 3 is 2.32 bits per heavy atom. The molecule has 1 aromatic carbocycles. The molecule has 1 unspecified atom stereocenters. The van der Waals surface area contributed by atoms with Crippen LogP contribution in [0.4, 0.5) is 0 Å². The SMILES string of the molecule is CCC(CC)(CNC(=O)C(C)OCc1ccccc1)C(=O)O. The van der Waals surface area contributed by atoms with Crippen molar-refractivity contribution in [3.63, 3.8) is 0 Å². The molecule has 0 spiro atoms. The Morgan fingerprint density at radius 2 is 1.82 bits per heavy atom. The van der Waals surface area contributed by atoms with E-state index >= 15 is 0 Å². The molecule has 0 bridgehead atoms. The van der Waals surface area contributed by atoms with Gasteiger partial charge in [0.2, 0.25) is 5.91 Å². The van der Waals surface area contributed by atoms with Gasteiger partial charge in [0.15, 0.2) is 0 Å². The van der Waals surface area contributed by atoms with E-state index < -0.39 is 17.5 Å². The molecule has 2 N–H and O–H groups in total. The Kier molecular flexibility index (Phi) is 7.05. The number of aliphatic carboxylic acids is 1. The van der Waals surface area contributed by atoms with Crippen LogP contribution in [0.25, 0.3) is 0 Å². The monoisotopic (exact) mass is 307 g/mol. The molecule has 0 saturated heterocycles. The molecule has 5 nitrogen and oxygen atoms in total. The normalized spacial score (nSPS) is 12.7. The molecule has 1 amide bonds. The van der Waals surface area contributed by atoms with E-state index in [1.54, 1.807) is 6.92 Å². The number of carbonyl (C=O) groups excluding carboxylic acids is 1. The fourth-order valence-electron chi connectivity index (χ4n) is 2.15. The van der Waals surface area contributed by atoms with Crippen LogP contribution < -0.4 is 5.32 Å². The predicted octanol–water partition coefficient (Wildman–Crippen LogP) is 2.60. The number of carboxylic acid groups (broad SMARTS) is 1. The maximum Gasteiger partial charge on any atom is 0.311 e. The van der Waals surface area contributed by atoms with E-state index in [0.717, 1.165) is 5.56 Å². The molecule has 0 saturated carbocycles. The molecule has 0 aliphatic carbocycles. The van der Waals surface area contributed by atoms with E-state index in [-0.39, 0.29) is 12.5 Å². The molecular weight excluding hydrogens is 282 g/mol. The van der Waals surface area contributed by atoms with Crippen LogP contribution in [0.15, 0.2) is 30.3 Å². The number of rotatable bonds is 9. The topological polar surface area (TPSA) is 75.6 Å². The maximum atomic E-state index is 12.0. The van der Waals surface area contributed by atoms with Crippen molar-refractivity contribution in [1.82, 2.24) is 5.32 Å². The van der Waals surface area contributed by atoms with Crippen LogP contribution in [0.5, 0.6) is 0 Å². The molecule has 0 aliphatic rings. The highest BCUT2D eigenvalue weighted by molar-refractivity contribution is 5.82. The number of carbonyl (C=O) groups is 2. The van der Waals surface area contributed by atoms with E-state index in [2.05, 4.69) is 5.32 Å². The van der Waals surface area contributed by atoms with E-state index in [1.807, 2.05) is 44.2 Å². The smallest absolute Gasteiger partial charge is 0.311 e. The zero-order chi connectivity index (χ0) is 16.6. The van der Waals surface area contributed by atoms with Gasteiger partial charge in [-0.25, -0.2) is 0 Å². The van der Waals surface area contributed by atoms with Gasteiger partial charge in [-0.2, -0.15) is 0 Å². The summed E-state index contributed by atoms with van der Waals surface area (Å²) in [5, 5.41) is 12.0. The van der Waals surface area contributed by atoms with Gasteiger partial charge >= 0.3 is 5.97 Å². The fourth-order valence-corrected chi connectivity index (χ4v) is 2.15. The van der Waals surface area contributed by atoms with Crippen molar-refractivity contribution in [3.05, 3.63) is 35.9 Å². The van der Waals surface area contributed by atoms with E-state index in [9.17, 15) is 14.7 Å². The summed E-state index contributed by atoms with van der Waals surface area (Å²) in [6, 6.07) is 9.59. The van der Waals surface area contributed by atoms with Crippen LogP contribution in [0.1, 0.15) is 39.2 Å². The van der Waals surface area contributed by atoms with Crippen molar-refractivity contribution in [2.45, 2.75) is 46.3 Å². The first-order chi connectivity index (χ1) is 10.4. The molecule has 22 heavy (non-hydrogen) atoms. The van der Waals surface area contributed by atoms with Gasteiger partial charge in [-0.1, -0.05) is 44.2 Å². The van der Waals surface area contributed by atoms with Crippen LogP contribution in [0, 0.1) is 5.41 Å². The van der Waals surface area contributed by atoms with Crippen LogP contribution in [0.2, 0.25) is 0 Å². The lowest BCUT2D eigenvalue weighted by molar-refractivity contribution is -0.149. The van der Waals surface area contributed by atoms with Gasteiger partial charge in [-0.3, -0.25) is 9.59 Å². The summed E-state index contributed by atoms with van der Waals surface area (Å²) in [6.07, 6.45) is 0.317. The molecule has 0 heterocycles. The second-order valence-electron chi connectivity index (χ2n) is 5.45. The first kappa shape index (κ1) is 18.2.